The monoisotopic (exact) mass is 416 g/mol. The second kappa shape index (κ2) is 7.80. The highest BCUT2D eigenvalue weighted by molar-refractivity contribution is 5.79. The molecule has 1 aromatic rings. The third-order valence-corrected chi connectivity index (χ3v) is 7.37. The standard InChI is InChI=1S/C22H29FN4O3/c23-16-1-2-17(24-10-16)9-15-3-6-22(7-4-15)13-27(14-22)21(29)26-8-5-19-18(11-26)25-20(28)12-30-19/h1-2,10,15,18-19H,3-9,11-14H2,(H,25,28)/t18-,19+/m0/s1. The molecule has 5 rings (SSSR count). The van der Waals surface area contributed by atoms with E-state index in [-0.39, 0.29) is 41.9 Å². The summed E-state index contributed by atoms with van der Waals surface area (Å²) in [5.41, 5.74) is 1.23. The number of hydrogen-bond donors (Lipinski definition) is 1. The molecule has 1 spiro atoms. The molecule has 3 aliphatic heterocycles. The van der Waals surface area contributed by atoms with Gasteiger partial charge in [-0.15, -0.1) is 0 Å². The number of amides is 3. The smallest absolute Gasteiger partial charge is 0.320 e. The van der Waals surface area contributed by atoms with Crippen molar-refractivity contribution in [2.75, 3.05) is 32.8 Å². The van der Waals surface area contributed by atoms with Gasteiger partial charge in [0, 0.05) is 37.3 Å². The highest BCUT2D eigenvalue weighted by atomic mass is 19.1. The van der Waals surface area contributed by atoms with Gasteiger partial charge in [-0.2, -0.15) is 0 Å². The molecule has 7 nitrogen and oxygen atoms in total. The third-order valence-electron chi connectivity index (χ3n) is 7.37. The van der Waals surface area contributed by atoms with Crippen LogP contribution in [0.5, 0.6) is 0 Å². The lowest BCUT2D eigenvalue weighted by Crippen LogP contribution is -2.66. The van der Waals surface area contributed by atoms with E-state index in [0.29, 0.717) is 19.0 Å². The van der Waals surface area contributed by atoms with Gasteiger partial charge in [0.1, 0.15) is 12.4 Å². The summed E-state index contributed by atoms with van der Waals surface area (Å²) in [5.74, 6) is 0.205. The Bertz CT molecular complexity index is 801. The van der Waals surface area contributed by atoms with Crippen LogP contribution in [0.1, 0.15) is 37.8 Å². The highest BCUT2D eigenvalue weighted by Crippen LogP contribution is 2.46. The van der Waals surface area contributed by atoms with Gasteiger partial charge in [-0.25, -0.2) is 9.18 Å². The van der Waals surface area contributed by atoms with Gasteiger partial charge in [-0.1, -0.05) is 0 Å². The van der Waals surface area contributed by atoms with Crippen molar-refractivity contribution < 1.29 is 18.7 Å². The van der Waals surface area contributed by atoms with Gasteiger partial charge in [0.15, 0.2) is 0 Å². The first-order chi connectivity index (χ1) is 14.5. The van der Waals surface area contributed by atoms with E-state index in [1.165, 1.54) is 12.3 Å². The summed E-state index contributed by atoms with van der Waals surface area (Å²) >= 11 is 0. The molecule has 1 saturated carbocycles. The topological polar surface area (TPSA) is 74.8 Å². The fourth-order valence-electron chi connectivity index (χ4n) is 5.61. The minimum absolute atomic E-state index is 0.0281. The Morgan fingerprint density at radius 3 is 2.77 bits per heavy atom. The molecule has 2 atom stereocenters. The number of piperidine rings is 1. The number of nitrogens with zero attached hydrogens (tertiary/aromatic N) is 3. The predicted octanol–water partition coefficient (Wildman–Crippen LogP) is 1.96. The van der Waals surface area contributed by atoms with Crippen molar-refractivity contribution >= 4 is 11.9 Å². The zero-order valence-electron chi connectivity index (χ0n) is 17.2. The quantitative estimate of drug-likeness (QED) is 0.800. The van der Waals surface area contributed by atoms with E-state index in [0.717, 1.165) is 57.3 Å². The van der Waals surface area contributed by atoms with Crippen LogP contribution in [0.25, 0.3) is 0 Å². The molecular weight excluding hydrogens is 387 g/mol. The maximum Gasteiger partial charge on any atom is 0.320 e. The van der Waals surface area contributed by atoms with Gasteiger partial charge >= 0.3 is 6.03 Å². The zero-order chi connectivity index (χ0) is 20.7. The molecular formula is C22H29FN4O3. The Hall–Kier alpha value is -2.22. The van der Waals surface area contributed by atoms with Crippen LogP contribution in [-0.2, 0) is 16.0 Å². The van der Waals surface area contributed by atoms with E-state index >= 15 is 0 Å². The number of pyridine rings is 1. The zero-order valence-corrected chi connectivity index (χ0v) is 17.2. The van der Waals surface area contributed by atoms with Crippen LogP contribution in [0.2, 0.25) is 0 Å². The molecule has 0 bridgehead atoms. The minimum atomic E-state index is -0.289. The lowest BCUT2D eigenvalue weighted by Gasteiger charge is -2.55. The van der Waals surface area contributed by atoms with Crippen molar-refractivity contribution in [2.45, 2.75) is 50.7 Å². The first-order valence-electron chi connectivity index (χ1n) is 11.0. The number of carbonyl (C=O) groups is 2. The number of morpholine rings is 1. The molecule has 0 radical (unpaired) electrons. The Morgan fingerprint density at radius 1 is 1.23 bits per heavy atom. The van der Waals surface area contributed by atoms with Crippen molar-refractivity contribution in [1.82, 2.24) is 20.1 Å². The Balaban J connectivity index is 1.09. The Kier molecular flexibility index (Phi) is 5.13. The van der Waals surface area contributed by atoms with Crippen molar-refractivity contribution in [2.24, 2.45) is 11.3 Å². The largest absolute Gasteiger partial charge is 0.366 e. The molecule has 162 valence electrons. The number of likely N-dealkylation sites (tertiary alicyclic amines) is 2. The van der Waals surface area contributed by atoms with Crippen LogP contribution >= 0.6 is 0 Å². The van der Waals surface area contributed by atoms with E-state index in [4.69, 9.17) is 4.74 Å². The van der Waals surface area contributed by atoms with Gasteiger partial charge in [-0.3, -0.25) is 9.78 Å². The van der Waals surface area contributed by atoms with Crippen molar-refractivity contribution in [1.29, 1.82) is 0 Å². The van der Waals surface area contributed by atoms with Crippen LogP contribution in [0, 0.1) is 17.2 Å². The maximum absolute atomic E-state index is 13.0. The average Bonchev–Trinajstić information content (AvgIpc) is 2.73. The van der Waals surface area contributed by atoms with Gasteiger partial charge in [0.2, 0.25) is 5.91 Å². The SMILES string of the molecule is O=C1CO[C@@H]2CCN(C(=O)N3CC4(CCC(Cc5ccc(F)cn5)CC4)C3)C[C@@H]2N1. The second-order valence-corrected chi connectivity index (χ2v) is 9.51. The number of urea groups is 1. The Morgan fingerprint density at radius 2 is 2.03 bits per heavy atom. The van der Waals surface area contributed by atoms with Crippen LogP contribution < -0.4 is 5.32 Å². The molecule has 1 aliphatic carbocycles. The lowest BCUT2D eigenvalue weighted by molar-refractivity contribution is -0.140. The van der Waals surface area contributed by atoms with Gasteiger partial charge in [0.05, 0.1) is 18.3 Å². The number of nitrogens with one attached hydrogen (secondary N) is 1. The van der Waals surface area contributed by atoms with Gasteiger partial charge < -0.3 is 19.9 Å². The van der Waals surface area contributed by atoms with Crippen LogP contribution in [-0.4, -0.2) is 71.7 Å². The minimum Gasteiger partial charge on any atom is -0.366 e. The summed E-state index contributed by atoms with van der Waals surface area (Å²) in [6.45, 7) is 3.02. The number of carbonyl (C=O) groups excluding carboxylic acids is 2. The molecule has 8 heteroatoms. The first-order valence-corrected chi connectivity index (χ1v) is 11.0. The molecule has 0 aromatic carbocycles. The molecule has 3 amide bonds. The van der Waals surface area contributed by atoms with Crippen molar-refractivity contribution in [3.63, 3.8) is 0 Å². The fraction of sp³-hybridized carbons (Fsp3) is 0.682. The first kappa shape index (κ1) is 19.7. The van der Waals surface area contributed by atoms with E-state index in [1.807, 2.05) is 9.80 Å². The van der Waals surface area contributed by atoms with Crippen molar-refractivity contribution in [3.8, 4) is 0 Å². The molecule has 4 aliphatic rings. The van der Waals surface area contributed by atoms with Gasteiger partial charge in [-0.05, 0) is 56.6 Å². The molecule has 30 heavy (non-hydrogen) atoms. The number of hydrogen-bond acceptors (Lipinski definition) is 4. The fourth-order valence-corrected chi connectivity index (χ4v) is 5.61. The molecule has 0 unspecified atom stereocenters. The molecule has 4 fully saturated rings. The van der Waals surface area contributed by atoms with Crippen molar-refractivity contribution in [3.05, 3.63) is 29.8 Å². The number of ether oxygens (including phenoxy) is 1. The summed E-state index contributed by atoms with van der Waals surface area (Å²) in [5, 5.41) is 2.96. The highest BCUT2D eigenvalue weighted by Gasteiger charge is 2.48. The second-order valence-electron chi connectivity index (χ2n) is 9.51. The lowest BCUT2D eigenvalue weighted by atomic mass is 9.65. The van der Waals surface area contributed by atoms with E-state index in [9.17, 15) is 14.0 Å². The molecule has 4 heterocycles. The molecule has 1 aromatic heterocycles. The molecule has 3 saturated heterocycles. The number of halogens is 1. The van der Waals surface area contributed by atoms with Crippen LogP contribution in [0.4, 0.5) is 9.18 Å². The summed E-state index contributed by atoms with van der Waals surface area (Å²) < 4.78 is 18.6. The number of fused-ring (bicyclic) bond motifs is 1. The summed E-state index contributed by atoms with van der Waals surface area (Å²) in [7, 11) is 0. The van der Waals surface area contributed by atoms with E-state index in [2.05, 4.69) is 10.3 Å². The van der Waals surface area contributed by atoms with E-state index < -0.39 is 0 Å². The summed E-state index contributed by atoms with van der Waals surface area (Å²) in [6, 6.07) is 3.27. The van der Waals surface area contributed by atoms with Gasteiger partial charge in [0.25, 0.3) is 0 Å². The summed E-state index contributed by atoms with van der Waals surface area (Å²) in [6.07, 6.45) is 7.55. The summed E-state index contributed by atoms with van der Waals surface area (Å²) in [4.78, 5) is 32.6. The molecule has 1 N–H and O–H groups in total. The number of aromatic nitrogens is 1. The third kappa shape index (κ3) is 3.89. The normalized spacial score (nSPS) is 28.6. The Labute approximate surface area is 176 Å². The van der Waals surface area contributed by atoms with E-state index in [1.54, 1.807) is 6.07 Å². The van der Waals surface area contributed by atoms with Crippen LogP contribution in [0.15, 0.2) is 18.3 Å². The van der Waals surface area contributed by atoms with Crippen LogP contribution in [0.3, 0.4) is 0 Å². The predicted molar refractivity (Wildman–Crippen MR) is 107 cm³/mol. The maximum atomic E-state index is 13.0. The number of rotatable bonds is 2. The average molecular weight is 416 g/mol.